The van der Waals surface area contributed by atoms with Crippen molar-refractivity contribution in [3.63, 3.8) is 0 Å². The molecule has 0 saturated carbocycles. The van der Waals surface area contributed by atoms with E-state index < -0.39 is 23.3 Å². The molecule has 0 aliphatic carbocycles. The minimum atomic E-state index is -5.10. The van der Waals surface area contributed by atoms with Crippen LogP contribution in [0.4, 0.5) is 13.2 Å². The average Bonchev–Trinajstić information content (AvgIpc) is 2.95. The molecule has 24 heavy (non-hydrogen) atoms. The van der Waals surface area contributed by atoms with E-state index in [0.29, 0.717) is 5.56 Å². The van der Waals surface area contributed by atoms with Crippen molar-refractivity contribution in [1.29, 1.82) is 5.26 Å². The maximum Gasteiger partial charge on any atom is 0.455 e. The standard InChI is InChI=1S/C16H12F3N3O2/c1-22(2)9-12(15(23)16(17,18)19)14-11(8-20)13(21-24-14)10-6-4-3-5-7-10/h3-7,9H,1-2H3/b12-9+. The molecule has 124 valence electrons. The number of hydrogen-bond acceptors (Lipinski definition) is 5. The van der Waals surface area contributed by atoms with E-state index in [-0.39, 0.29) is 11.3 Å². The number of alkyl halides is 3. The van der Waals surface area contributed by atoms with Gasteiger partial charge in [0.25, 0.3) is 5.78 Å². The second kappa shape index (κ2) is 6.58. The van der Waals surface area contributed by atoms with Gasteiger partial charge in [-0.25, -0.2) is 0 Å². The Labute approximate surface area is 135 Å². The van der Waals surface area contributed by atoms with Gasteiger partial charge in [-0.1, -0.05) is 35.5 Å². The van der Waals surface area contributed by atoms with Gasteiger partial charge in [0, 0.05) is 25.9 Å². The topological polar surface area (TPSA) is 70.1 Å². The molecule has 8 heteroatoms. The van der Waals surface area contributed by atoms with E-state index in [1.807, 2.05) is 0 Å². The molecular weight excluding hydrogens is 323 g/mol. The summed E-state index contributed by atoms with van der Waals surface area (Å²) in [5.74, 6) is -2.61. The Bertz CT molecular complexity index is 815. The van der Waals surface area contributed by atoms with Gasteiger partial charge in [-0.3, -0.25) is 4.79 Å². The van der Waals surface area contributed by atoms with Crippen molar-refractivity contribution in [3.05, 3.63) is 47.9 Å². The van der Waals surface area contributed by atoms with Gasteiger partial charge in [0.1, 0.15) is 17.3 Å². The van der Waals surface area contributed by atoms with Gasteiger partial charge < -0.3 is 9.42 Å². The van der Waals surface area contributed by atoms with Crippen LogP contribution in [0, 0.1) is 11.3 Å². The Morgan fingerprint density at radius 1 is 1.29 bits per heavy atom. The zero-order valence-electron chi connectivity index (χ0n) is 12.8. The fraction of sp³-hybridized carbons (Fsp3) is 0.188. The number of ketones is 1. The van der Waals surface area contributed by atoms with Crippen molar-refractivity contribution in [2.24, 2.45) is 0 Å². The first-order valence-corrected chi connectivity index (χ1v) is 6.71. The van der Waals surface area contributed by atoms with E-state index in [1.54, 1.807) is 36.4 Å². The van der Waals surface area contributed by atoms with Gasteiger partial charge in [-0.2, -0.15) is 18.4 Å². The van der Waals surface area contributed by atoms with Crippen molar-refractivity contribution < 1.29 is 22.5 Å². The zero-order chi connectivity index (χ0) is 17.9. The van der Waals surface area contributed by atoms with Crippen molar-refractivity contribution >= 4 is 11.4 Å². The van der Waals surface area contributed by atoms with Crippen molar-refractivity contribution in [2.75, 3.05) is 14.1 Å². The van der Waals surface area contributed by atoms with Crippen LogP contribution in [0.3, 0.4) is 0 Å². The summed E-state index contributed by atoms with van der Waals surface area (Å²) in [6.45, 7) is 0. The molecule has 0 spiro atoms. The molecule has 0 fully saturated rings. The number of halogens is 3. The number of allylic oxidation sites excluding steroid dienone is 1. The summed E-state index contributed by atoms with van der Waals surface area (Å²) in [5.41, 5.74) is -0.439. The molecule has 2 aromatic rings. The normalized spacial score (nSPS) is 11.9. The second-order valence-electron chi connectivity index (χ2n) is 5.05. The highest BCUT2D eigenvalue weighted by atomic mass is 19.4. The van der Waals surface area contributed by atoms with Crippen LogP contribution in [0.15, 0.2) is 41.1 Å². The molecule has 5 nitrogen and oxygen atoms in total. The molecule has 0 N–H and O–H groups in total. The summed E-state index contributed by atoms with van der Waals surface area (Å²) >= 11 is 0. The first-order chi connectivity index (χ1) is 11.3. The molecule has 0 amide bonds. The number of nitriles is 1. The monoisotopic (exact) mass is 335 g/mol. The summed E-state index contributed by atoms with van der Waals surface area (Å²) in [6, 6.07) is 10.1. The lowest BCUT2D eigenvalue weighted by atomic mass is 10.0. The van der Waals surface area contributed by atoms with Crippen LogP contribution in [0.25, 0.3) is 16.8 Å². The molecule has 0 aliphatic rings. The molecule has 0 bridgehead atoms. The fourth-order valence-electron chi connectivity index (χ4n) is 2.00. The van der Waals surface area contributed by atoms with Gasteiger partial charge in [0.2, 0.25) is 0 Å². The number of benzene rings is 1. The molecule has 1 aromatic heterocycles. The lowest BCUT2D eigenvalue weighted by Crippen LogP contribution is -2.25. The lowest BCUT2D eigenvalue weighted by Gasteiger charge is -2.11. The summed E-state index contributed by atoms with van der Waals surface area (Å²) < 4.78 is 43.5. The van der Waals surface area contributed by atoms with Crippen molar-refractivity contribution in [2.45, 2.75) is 6.18 Å². The van der Waals surface area contributed by atoms with E-state index in [9.17, 15) is 23.2 Å². The number of carbonyl (C=O) groups is 1. The van der Waals surface area contributed by atoms with Crippen LogP contribution in [0.5, 0.6) is 0 Å². The number of aromatic nitrogens is 1. The van der Waals surface area contributed by atoms with Crippen LogP contribution < -0.4 is 0 Å². The van der Waals surface area contributed by atoms with Gasteiger partial charge >= 0.3 is 6.18 Å². The van der Waals surface area contributed by atoms with E-state index in [0.717, 1.165) is 6.20 Å². The molecular formula is C16H12F3N3O2. The molecule has 1 aromatic carbocycles. The quantitative estimate of drug-likeness (QED) is 0.802. The summed E-state index contributed by atoms with van der Waals surface area (Å²) in [7, 11) is 2.90. The molecule has 0 atom stereocenters. The lowest BCUT2D eigenvalue weighted by molar-refractivity contribution is -0.164. The van der Waals surface area contributed by atoms with E-state index in [4.69, 9.17) is 4.52 Å². The number of nitrogens with zero attached hydrogens (tertiary/aromatic N) is 3. The van der Waals surface area contributed by atoms with Gasteiger partial charge in [0.15, 0.2) is 5.76 Å². The minimum absolute atomic E-state index is 0.0766. The van der Waals surface area contributed by atoms with Crippen LogP contribution in [-0.2, 0) is 4.79 Å². The maximum absolute atomic E-state index is 12.8. The van der Waals surface area contributed by atoms with E-state index >= 15 is 0 Å². The number of Topliss-reactive ketones (excluding diaryl/α,β-unsaturated/α-hetero) is 1. The second-order valence-corrected chi connectivity index (χ2v) is 5.05. The summed E-state index contributed by atoms with van der Waals surface area (Å²) in [4.78, 5) is 13.0. The van der Waals surface area contributed by atoms with Crippen molar-refractivity contribution in [3.8, 4) is 17.3 Å². The van der Waals surface area contributed by atoms with Crippen LogP contribution >= 0.6 is 0 Å². The smallest absolute Gasteiger partial charge is 0.383 e. The minimum Gasteiger partial charge on any atom is -0.383 e. The van der Waals surface area contributed by atoms with Gasteiger partial charge in [-0.05, 0) is 0 Å². The number of carbonyl (C=O) groups excluding carboxylic acids is 1. The fourth-order valence-corrected chi connectivity index (χ4v) is 2.00. The van der Waals surface area contributed by atoms with Gasteiger partial charge in [0.05, 0.1) is 5.57 Å². The Hall–Kier alpha value is -3.08. The predicted molar refractivity (Wildman–Crippen MR) is 79.4 cm³/mol. The third kappa shape index (κ3) is 3.46. The van der Waals surface area contributed by atoms with E-state index in [1.165, 1.54) is 19.0 Å². The Morgan fingerprint density at radius 3 is 2.42 bits per heavy atom. The summed E-state index contributed by atoms with van der Waals surface area (Å²) in [6.07, 6.45) is -4.15. The molecule has 0 radical (unpaired) electrons. The Morgan fingerprint density at radius 2 is 1.92 bits per heavy atom. The van der Waals surface area contributed by atoms with E-state index in [2.05, 4.69) is 5.16 Å². The highest BCUT2D eigenvalue weighted by molar-refractivity contribution is 6.23. The molecule has 0 unspecified atom stereocenters. The molecule has 2 rings (SSSR count). The third-order valence-electron chi connectivity index (χ3n) is 2.99. The zero-order valence-corrected chi connectivity index (χ0v) is 12.8. The number of hydrogen-bond donors (Lipinski definition) is 0. The van der Waals surface area contributed by atoms with Crippen molar-refractivity contribution in [1.82, 2.24) is 10.1 Å². The predicted octanol–water partition coefficient (Wildman–Crippen LogP) is 3.25. The number of rotatable bonds is 4. The SMILES string of the molecule is CN(C)/C=C(/C(=O)C(F)(F)F)c1onc(-c2ccccc2)c1C#N. The Kier molecular flexibility index (Phi) is 4.74. The molecule has 0 saturated heterocycles. The molecule has 0 aliphatic heterocycles. The molecule has 1 heterocycles. The van der Waals surface area contributed by atoms with Crippen LogP contribution in [0.1, 0.15) is 11.3 Å². The first-order valence-electron chi connectivity index (χ1n) is 6.71. The Balaban J connectivity index is 2.63. The van der Waals surface area contributed by atoms with Crippen LogP contribution in [-0.4, -0.2) is 36.1 Å². The largest absolute Gasteiger partial charge is 0.455 e. The first kappa shape index (κ1) is 17.3. The average molecular weight is 335 g/mol. The third-order valence-corrected chi connectivity index (χ3v) is 2.99. The highest BCUT2D eigenvalue weighted by Crippen LogP contribution is 2.33. The van der Waals surface area contributed by atoms with Gasteiger partial charge in [-0.15, -0.1) is 0 Å². The maximum atomic E-state index is 12.8. The summed E-state index contributed by atoms with van der Waals surface area (Å²) in [5, 5.41) is 13.0. The highest BCUT2D eigenvalue weighted by Gasteiger charge is 2.43. The van der Waals surface area contributed by atoms with Crippen LogP contribution in [0.2, 0.25) is 0 Å².